The molecule has 0 atom stereocenters. The Labute approximate surface area is 152 Å². The molecule has 1 N–H and O–H groups in total. The van der Waals surface area contributed by atoms with E-state index in [1.165, 1.54) is 12.1 Å². The number of nitrogens with zero attached hydrogens (tertiary/aromatic N) is 4. The van der Waals surface area contributed by atoms with Crippen LogP contribution in [0.3, 0.4) is 0 Å². The molecule has 6 nitrogen and oxygen atoms in total. The lowest BCUT2D eigenvalue weighted by molar-refractivity contribution is -0.116. The summed E-state index contributed by atoms with van der Waals surface area (Å²) in [4.78, 5) is 12.0. The Morgan fingerprint density at radius 2 is 1.96 bits per heavy atom. The number of nitrogens with one attached hydrogen (secondary N) is 1. The van der Waals surface area contributed by atoms with Crippen LogP contribution < -0.4 is 5.32 Å². The van der Waals surface area contributed by atoms with Crippen molar-refractivity contribution in [3.8, 4) is 0 Å². The second-order valence-corrected chi connectivity index (χ2v) is 6.50. The maximum atomic E-state index is 12.9. The van der Waals surface area contributed by atoms with Crippen molar-refractivity contribution in [1.82, 2.24) is 19.6 Å². The predicted molar refractivity (Wildman–Crippen MR) is 95.6 cm³/mol. The lowest BCUT2D eigenvalue weighted by Gasteiger charge is -2.04. The highest BCUT2D eigenvalue weighted by Crippen LogP contribution is 2.13. The summed E-state index contributed by atoms with van der Waals surface area (Å²) in [6.45, 7) is 2.90. The fourth-order valence-corrected chi connectivity index (χ4v) is 2.64. The second kappa shape index (κ2) is 7.60. The van der Waals surface area contributed by atoms with Crippen molar-refractivity contribution in [1.29, 1.82) is 0 Å². The molecule has 0 aliphatic heterocycles. The molecule has 8 heteroatoms. The van der Waals surface area contributed by atoms with Crippen LogP contribution in [0.25, 0.3) is 0 Å². The van der Waals surface area contributed by atoms with Gasteiger partial charge < -0.3 is 5.32 Å². The standard InChI is InChI=1S/C17H17BrFN5O/c1-12-15(18)11-24(21-12)9-7-17(25)20-16-6-8-23(22-16)10-13-2-4-14(19)5-3-13/h2-6,8,11H,7,9-10H2,1H3,(H,20,22,25). The van der Waals surface area contributed by atoms with Gasteiger partial charge in [-0.2, -0.15) is 10.2 Å². The highest BCUT2D eigenvalue weighted by molar-refractivity contribution is 9.10. The Kier molecular flexibility index (Phi) is 5.28. The van der Waals surface area contributed by atoms with Crippen molar-refractivity contribution in [2.45, 2.75) is 26.4 Å². The van der Waals surface area contributed by atoms with E-state index in [0.717, 1.165) is 15.7 Å². The molecule has 0 bridgehead atoms. The van der Waals surface area contributed by atoms with Crippen LogP contribution in [-0.4, -0.2) is 25.5 Å². The predicted octanol–water partition coefficient (Wildman–Crippen LogP) is 3.37. The van der Waals surface area contributed by atoms with Gasteiger partial charge in [0, 0.05) is 31.4 Å². The van der Waals surface area contributed by atoms with Gasteiger partial charge in [-0.05, 0) is 40.5 Å². The molecule has 1 aromatic carbocycles. The third-order valence-corrected chi connectivity index (χ3v) is 4.40. The SMILES string of the molecule is Cc1nn(CCC(=O)Nc2ccn(Cc3ccc(F)cc3)n2)cc1Br. The number of carbonyl (C=O) groups is 1. The summed E-state index contributed by atoms with van der Waals surface area (Å²) in [5.41, 5.74) is 1.82. The minimum atomic E-state index is -0.267. The summed E-state index contributed by atoms with van der Waals surface area (Å²) < 4.78 is 17.3. The molecule has 25 heavy (non-hydrogen) atoms. The molecular weight excluding hydrogens is 389 g/mol. The van der Waals surface area contributed by atoms with Crippen molar-refractivity contribution < 1.29 is 9.18 Å². The van der Waals surface area contributed by atoms with Crippen LogP contribution in [0.2, 0.25) is 0 Å². The van der Waals surface area contributed by atoms with Crippen LogP contribution in [0.1, 0.15) is 17.7 Å². The highest BCUT2D eigenvalue weighted by atomic mass is 79.9. The van der Waals surface area contributed by atoms with E-state index in [0.29, 0.717) is 25.3 Å². The first kappa shape index (κ1) is 17.3. The van der Waals surface area contributed by atoms with Gasteiger partial charge in [0.15, 0.2) is 5.82 Å². The first-order valence-corrected chi connectivity index (χ1v) is 8.56. The van der Waals surface area contributed by atoms with Gasteiger partial charge in [-0.1, -0.05) is 12.1 Å². The van der Waals surface area contributed by atoms with Crippen LogP contribution in [0.5, 0.6) is 0 Å². The highest BCUT2D eigenvalue weighted by Gasteiger charge is 2.08. The molecule has 0 saturated carbocycles. The van der Waals surface area contributed by atoms with Crippen molar-refractivity contribution in [3.05, 3.63) is 64.3 Å². The summed E-state index contributed by atoms with van der Waals surface area (Å²) in [6.07, 6.45) is 3.92. The molecule has 3 rings (SSSR count). The van der Waals surface area contributed by atoms with Crippen LogP contribution in [0.15, 0.2) is 47.2 Å². The van der Waals surface area contributed by atoms with E-state index in [2.05, 4.69) is 31.4 Å². The largest absolute Gasteiger partial charge is 0.309 e. The molecule has 1 amide bonds. The summed E-state index contributed by atoms with van der Waals surface area (Å²) in [5, 5.41) is 11.4. The number of aryl methyl sites for hydroxylation is 2. The van der Waals surface area contributed by atoms with E-state index < -0.39 is 0 Å². The lowest BCUT2D eigenvalue weighted by Crippen LogP contribution is -2.15. The van der Waals surface area contributed by atoms with Gasteiger partial charge in [0.05, 0.1) is 16.7 Å². The summed E-state index contributed by atoms with van der Waals surface area (Å²) in [5.74, 6) is 0.0952. The zero-order valence-electron chi connectivity index (χ0n) is 13.6. The second-order valence-electron chi connectivity index (χ2n) is 5.65. The van der Waals surface area contributed by atoms with E-state index in [4.69, 9.17) is 0 Å². The summed E-state index contributed by atoms with van der Waals surface area (Å²) in [6, 6.07) is 7.97. The Bertz CT molecular complexity index is 852. The van der Waals surface area contributed by atoms with E-state index in [-0.39, 0.29) is 11.7 Å². The van der Waals surface area contributed by atoms with Gasteiger partial charge in [0.2, 0.25) is 5.91 Å². The van der Waals surface area contributed by atoms with Crippen molar-refractivity contribution >= 4 is 27.7 Å². The fraction of sp³-hybridized carbons (Fsp3) is 0.235. The van der Waals surface area contributed by atoms with Gasteiger partial charge in [0.1, 0.15) is 5.82 Å². The smallest absolute Gasteiger partial charge is 0.227 e. The van der Waals surface area contributed by atoms with Gasteiger partial charge in [-0.25, -0.2) is 4.39 Å². The van der Waals surface area contributed by atoms with Crippen molar-refractivity contribution in [2.75, 3.05) is 5.32 Å². The summed E-state index contributed by atoms with van der Waals surface area (Å²) >= 11 is 3.39. The zero-order valence-corrected chi connectivity index (χ0v) is 15.2. The lowest BCUT2D eigenvalue weighted by atomic mass is 10.2. The molecule has 130 valence electrons. The third-order valence-electron chi connectivity index (χ3n) is 3.62. The minimum absolute atomic E-state index is 0.128. The number of halogens is 2. The third kappa shape index (κ3) is 4.76. The molecule has 0 radical (unpaired) electrons. The van der Waals surface area contributed by atoms with Crippen molar-refractivity contribution in [3.63, 3.8) is 0 Å². The van der Waals surface area contributed by atoms with E-state index >= 15 is 0 Å². The number of aromatic nitrogens is 4. The molecule has 0 aliphatic rings. The monoisotopic (exact) mass is 405 g/mol. The maximum Gasteiger partial charge on any atom is 0.227 e. The van der Waals surface area contributed by atoms with Gasteiger partial charge >= 0.3 is 0 Å². The normalized spacial score (nSPS) is 10.8. The van der Waals surface area contributed by atoms with Crippen LogP contribution in [0.4, 0.5) is 10.2 Å². The van der Waals surface area contributed by atoms with Crippen LogP contribution in [-0.2, 0) is 17.9 Å². The van der Waals surface area contributed by atoms with Gasteiger partial charge in [-0.3, -0.25) is 14.2 Å². The molecule has 0 saturated heterocycles. The van der Waals surface area contributed by atoms with Gasteiger partial charge in [-0.15, -0.1) is 0 Å². The number of carbonyl (C=O) groups excluding carboxylic acids is 1. The Hall–Kier alpha value is -2.48. The molecule has 2 aromatic heterocycles. The molecule has 0 unspecified atom stereocenters. The van der Waals surface area contributed by atoms with Crippen LogP contribution >= 0.6 is 15.9 Å². The number of hydrogen-bond acceptors (Lipinski definition) is 3. The maximum absolute atomic E-state index is 12.9. The average molecular weight is 406 g/mol. The van der Waals surface area contributed by atoms with E-state index in [1.807, 2.05) is 13.1 Å². The number of hydrogen-bond donors (Lipinski definition) is 1. The summed E-state index contributed by atoms with van der Waals surface area (Å²) in [7, 11) is 0. The first-order chi connectivity index (χ1) is 12.0. The molecule has 0 spiro atoms. The van der Waals surface area contributed by atoms with Crippen molar-refractivity contribution in [2.24, 2.45) is 0 Å². The average Bonchev–Trinajstić information content (AvgIpc) is 3.14. The zero-order chi connectivity index (χ0) is 17.8. The Morgan fingerprint density at radius 3 is 2.64 bits per heavy atom. The molecule has 3 aromatic rings. The molecular formula is C17H17BrFN5O. The number of amides is 1. The Balaban J connectivity index is 1.51. The number of anilines is 1. The fourth-order valence-electron chi connectivity index (χ4n) is 2.32. The molecule has 0 aliphatic carbocycles. The Morgan fingerprint density at radius 1 is 1.20 bits per heavy atom. The quantitative estimate of drug-likeness (QED) is 0.683. The first-order valence-electron chi connectivity index (χ1n) is 7.77. The van der Waals surface area contributed by atoms with Gasteiger partial charge in [0.25, 0.3) is 0 Å². The molecule has 2 heterocycles. The number of rotatable bonds is 6. The topological polar surface area (TPSA) is 64.7 Å². The molecule has 0 fully saturated rings. The van der Waals surface area contributed by atoms with Crippen LogP contribution in [0, 0.1) is 12.7 Å². The number of benzene rings is 1. The minimum Gasteiger partial charge on any atom is -0.309 e. The van der Waals surface area contributed by atoms with E-state index in [1.54, 1.807) is 33.8 Å². The van der Waals surface area contributed by atoms with E-state index in [9.17, 15) is 9.18 Å².